The van der Waals surface area contributed by atoms with Gasteiger partial charge in [0.15, 0.2) is 0 Å². The lowest BCUT2D eigenvalue weighted by molar-refractivity contribution is -0.139. The predicted octanol–water partition coefficient (Wildman–Crippen LogP) is -1.14. The number of aliphatic hydroxyl groups is 2. The first-order valence-electron chi connectivity index (χ1n) is 6.50. The monoisotopic (exact) mass is 256 g/mol. The van der Waals surface area contributed by atoms with Crippen molar-refractivity contribution in [3.63, 3.8) is 0 Å². The fraction of sp³-hybridized carbons (Fsp3) is 0.833. The molecular formula is C12H20N2O4. The first-order chi connectivity index (χ1) is 8.67. The van der Waals surface area contributed by atoms with Crippen LogP contribution in [0, 0.1) is 5.92 Å². The van der Waals surface area contributed by atoms with E-state index in [1.807, 2.05) is 0 Å². The summed E-state index contributed by atoms with van der Waals surface area (Å²) < 4.78 is 0. The van der Waals surface area contributed by atoms with Crippen molar-refractivity contribution in [2.45, 2.75) is 37.8 Å². The lowest BCUT2D eigenvalue weighted by Crippen LogP contribution is -2.51. The number of nitrogens with zero attached hydrogens (tertiary/aromatic N) is 1. The summed E-state index contributed by atoms with van der Waals surface area (Å²) in [6.45, 7) is 0.0351. The van der Waals surface area contributed by atoms with Crippen molar-refractivity contribution in [1.82, 2.24) is 10.2 Å². The van der Waals surface area contributed by atoms with Crippen LogP contribution in [0.5, 0.6) is 0 Å². The third kappa shape index (κ3) is 2.81. The van der Waals surface area contributed by atoms with E-state index in [9.17, 15) is 9.59 Å². The van der Waals surface area contributed by atoms with Gasteiger partial charge in [-0.25, -0.2) is 0 Å². The smallest absolute Gasteiger partial charge is 0.243 e. The van der Waals surface area contributed by atoms with Gasteiger partial charge in [0, 0.05) is 12.5 Å². The zero-order chi connectivity index (χ0) is 13.1. The molecule has 1 saturated heterocycles. The van der Waals surface area contributed by atoms with E-state index in [1.165, 1.54) is 0 Å². The van der Waals surface area contributed by atoms with E-state index in [4.69, 9.17) is 10.2 Å². The average molecular weight is 256 g/mol. The topological polar surface area (TPSA) is 89.9 Å². The van der Waals surface area contributed by atoms with E-state index in [-0.39, 0.29) is 30.9 Å². The Labute approximate surface area is 106 Å². The second-order valence-electron chi connectivity index (χ2n) is 5.03. The molecule has 102 valence electrons. The third-order valence-electron chi connectivity index (χ3n) is 3.55. The van der Waals surface area contributed by atoms with Crippen molar-refractivity contribution in [3.8, 4) is 0 Å². The van der Waals surface area contributed by atoms with Crippen molar-refractivity contribution in [2.75, 3.05) is 19.8 Å². The molecule has 0 aromatic carbocycles. The average Bonchev–Trinajstić information content (AvgIpc) is 3.11. The van der Waals surface area contributed by atoms with Crippen molar-refractivity contribution < 1.29 is 19.8 Å². The van der Waals surface area contributed by atoms with Gasteiger partial charge in [0.25, 0.3) is 0 Å². The minimum atomic E-state index is -0.643. The third-order valence-corrected chi connectivity index (χ3v) is 3.55. The highest BCUT2D eigenvalue weighted by Gasteiger charge is 2.41. The van der Waals surface area contributed by atoms with Gasteiger partial charge in [-0.3, -0.25) is 9.59 Å². The van der Waals surface area contributed by atoms with E-state index in [0.717, 1.165) is 19.3 Å². The van der Waals surface area contributed by atoms with Gasteiger partial charge in [0.1, 0.15) is 6.04 Å². The normalized spacial score (nSPS) is 23.5. The van der Waals surface area contributed by atoms with Crippen molar-refractivity contribution >= 4 is 11.8 Å². The van der Waals surface area contributed by atoms with Crippen LogP contribution in [0.2, 0.25) is 0 Å². The van der Waals surface area contributed by atoms with Crippen LogP contribution in [0.15, 0.2) is 0 Å². The molecule has 2 rings (SSSR count). The Bertz CT molecular complexity index is 326. The summed E-state index contributed by atoms with van der Waals surface area (Å²) in [5, 5.41) is 20.4. The Morgan fingerprint density at radius 3 is 2.44 bits per heavy atom. The number of nitrogens with one attached hydrogen (secondary N) is 1. The predicted molar refractivity (Wildman–Crippen MR) is 63.6 cm³/mol. The van der Waals surface area contributed by atoms with Gasteiger partial charge in [-0.2, -0.15) is 0 Å². The standard InChI is InChI=1S/C12H20N2O4/c15-6-9(7-16)13-11(17)10-2-1-5-14(10)12(18)8-3-4-8/h8-10,15-16H,1-7H2,(H,13,17). The van der Waals surface area contributed by atoms with Crippen LogP contribution < -0.4 is 5.32 Å². The van der Waals surface area contributed by atoms with Crippen molar-refractivity contribution in [3.05, 3.63) is 0 Å². The van der Waals surface area contributed by atoms with Crippen LogP contribution in [0.3, 0.4) is 0 Å². The second-order valence-corrected chi connectivity index (χ2v) is 5.03. The summed E-state index contributed by atoms with van der Waals surface area (Å²) in [5.41, 5.74) is 0. The Kier molecular flexibility index (Phi) is 4.19. The quantitative estimate of drug-likeness (QED) is 0.580. The van der Waals surface area contributed by atoms with Gasteiger partial charge < -0.3 is 20.4 Å². The molecule has 1 aliphatic heterocycles. The molecule has 2 aliphatic rings. The first kappa shape index (κ1) is 13.3. The zero-order valence-corrected chi connectivity index (χ0v) is 10.3. The first-order valence-corrected chi connectivity index (χ1v) is 6.50. The fourth-order valence-corrected chi connectivity index (χ4v) is 2.31. The number of carbonyl (C=O) groups is 2. The number of amides is 2. The number of aliphatic hydroxyl groups excluding tert-OH is 2. The minimum absolute atomic E-state index is 0.0807. The summed E-state index contributed by atoms with van der Waals surface area (Å²) in [5.74, 6) is -0.0725. The van der Waals surface area contributed by atoms with Crippen LogP contribution in [0.4, 0.5) is 0 Å². The number of carbonyl (C=O) groups excluding carboxylic acids is 2. The highest BCUT2D eigenvalue weighted by Crippen LogP contribution is 2.33. The highest BCUT2D eigenvalue weighted by atomic mass is 16.3. The van der Waals surface area contributed by atoms with E-state index >= 15 is 0 Å². The van der Waals surface area contributed by atoms with Crippen molar-refractivity contribution in [2.24, 2.45) is 5.92 Å². The number of likely N-dealkylation sites (tertiary alicyclic amines) is 1. The molecule has 0 bridgehead atoms. The number of hydrogen-bond acceptors (Lipinski definition) is 4. The molecule has 1 saturated carbocycles. The van der Waals surface area contributed by atoms with E-state index in [1.54, 1.807) is 4.90 Å². The minimum Gasteiger partial charge on any atom is -0.394 e. The maximum Gasteiger partial charge on any atom is 0.243 e. The summed E-state index contributed by atoms with van der Waals surface area (Å²) in [4.78, 5) is 25.7. The van der Waals surface area contributed by atoms with Gasteiger partial charge in [0.05, 0.1) is 19.3 Å². The van der Waals surface area contributed by atoms with Crippen LogP contribution in [0.25, 0.3) is 0 Å². The second kappa shape index (κ2) is 5.67. The summed E-state index contributed by atoms with van der Waals surface area (Å²) in [6.07, 6.45) is 3.35. The van der Waals surface area contributed by atoms with Gasteiger partial charge in [0.2, 0.25) is 11.8 Å². The molecule has 0 spiro atoms. The lowest BCUT2D eigenvalue weighted by Gasteiger charge is -2.25. The number of rotatable bonds is 5. The van der Waals surface area contributed by atoms with Crippen molar-refractivity contribution in [1.29, 1.82) is 0 Å². The summed E-state index contributed by atoms with van der Waals surface area (Å²) in [6, 6.07) is -1.07. The van der Waals surface area contributed by atoms with Crippen LogP contribution >= 0.6 is 0 Å². The Hall–Kier alpha value is -1.14. The Morgan fingerprint density at radius 2 is 1.89 bits per heavy atom. The molecule has 18 heavy (non-hydrogen) atoms. The molecule has 1 atom stereocenters. The largest absolute Gasteiger partial charge is 0.394 e. The highest BCUT2D eigenvalue weighted by molar-refractivity contribution is 5.90. The SMILES string of the molecule is O=C(NC(CO)CO)C1CCCN1C(=O)C1CC1. The molecule has 0 radical (unpaired) electrons. The maximum absolute atomic E-state index is 12.0. The molecule has 6 nitrogen and oxygen atoms in total. The van der Waals surface area contributed by atoms with Gasteiger partial charge >= 0.3 is 0 Å². The Balaban J connectivity index is 1.93. The van der Waals surface area contributed by atoms with Crippen LogP contribution in [0.1, 0.15) is 25.7 Å². The van der Waals surface area contributed by atoms with E-state index in [0.29, 0.717) is 13.0 Å². The van der Waals surface area contributed by atoms with Crippen LogP contribution in [-0.2, 0) is 9.59 Å². The van der Waals surface area contributed by atoms with E-state index in [2.05, 4.69) is 5.32 Å². The lowest BCUT2D eigenvalue weighted by atomic mass is 10.2. The fourth-order valence-electron chi connectivity index (χ4n) is 2.31. The van der Waals surface area contributed by atoms with Crippen LogP contribution in [-0.4, -0.2) is 58.8 Å². The molecule has 0 aromatic heterocycles. The molecule has 0 aromatic rings. The molecule has 1 unspecified atom stereocenters. The maximum atomic E-state index is 12.0. The molecule has 1 aliphatic carbocycles. The summed E-state index contributed by atoms with van der Waals surface area (Å²) >= 11 is 0. The van der Waals surface area contributed by atoms with Gasteiger partial charge in [-0.1, -0.05) is 0 Å². The summed E-state index contributed by atoms with van der Waals surface area (Å²) in [7, 11) is 0. The number of hydrogen-bond donors (Lipinski definition) is 3. The molecule has 2 fully saturated rings. The zero-order valence-electron chi connectivity index (χ0n) is 10.3. The molecule has 3 N–H and O–H groups in total. The van der Waals surface area contributed by atoms with Gasteiger partial charge in [-0.05, 0) is 25.7 Å². The van der Waals surface area contributed by atoms with E-state index < -0.39 is 12.1 Å². The van der Waals surface area contributed by atoms with Gasteiger partial charge in [-0.15, -0.1) is 0 Å². The molecule has 1 heterocycles. The molecular weight excluding hydrogens is 236 g/mol. The Morgan fingerprint density at radius 1 is 1.22 bits per heavy atom. The molecule has 2 amide bonds. The molecule has 6 heteroatoms.